The zero-order valence-electron chi connectivity index (χ0n) is 15.2. The third-order valence-corrected chi connectivity index (χ3v) is 6.01. The molecule has 2 unspecified atom stereocenters. The quantitative estimate of drug-likeness (QED) is 0.816. The smallest absolute Gasteiger partial charge is 0.123 e. The van der Waals surface area contributed by atoms with Crippen LogP contribution in [0, 0.1) is 5.82 Å². The van der Waals surface area contributed by atoms with Crippen LogP contribution in [0.15, 0.2) is 48.5 Å². The van der Waals surface area contributed by atoms with Crippen molar-refractivity contribution in [1.29, 1.82) is 0 Å². The summed E-state index contributed by atoms with van der Waals surface area (Å²) in [4.78, 5) is 2.54. The molecule has 1 saturated heterocycles. The Balaban J connectivity index is 1.48. The van der Waals surface area contributed by atoms with Crippen LogP contribution in [-0.4, -0.2) is 43.2 Å². The summed E-state index contributed by atoms with van der Waals surface area (Å²) < 4.78 is 17.8. The van der Waals surface area contributed by atoms with E-state index in [-0.39, 0.29) is 5.82 Å². The Morgan fingerprint density at radius 2 is 1.62 bits per heavy atom. The van der Waals surface area contributed by atoms with E-state index in [1.54, 1.807) is 12.1 Å². The number of hydrogen-bond donors (Lipinski definition) is 1. The molecule has 2 aromatic rings. The summed E-state index contributed by atoms with van der Waals surface area (Å²) >= 11 is 1.69. The summed E-state index contributed by atoms with van der Waals surface area (Å²) in [6, 6.07) is 16.2. The summed E-state index contributed by atoms with van der Waals surface area (Å²) in [5.74, 6) is -0.204. The molecule has 4 rings (SSSR count). The van der Waals surface area contributed by atoms with Crippen LogP contribution in [0.3, 0.4) is 0 Å². The minimum absolute atomic E-state index is 0.204. The van der Waals surface area contributed by atoms with Gasteiger partial charge in [0.25, 0.3) is 0 Å². The van der Waals surface area contributed by atoms with E-state index < -0.39 is 0 Å². The molecule has 0 aliphatic carbocycles. The van der Waals surface area contributed by atoms with Crippen LogP contribution in [0.5, 0.6) is 0 Å². The first-order valence-corrected chi connectivity index (χ1v) is 9.92. The van der Waals surface area contributed by atoms with Crippen molar-refractivity contribution in [3.05, 3.63) is 54.3 Å². The van der Waals surface area contributed by atoms with Gasteiger partial charge < -0.3 is 5.32 Å². The molecule has 6 heteroatoms. The van der Waals surface area contributed by atoms with E-state index in [4.69, 9.17) is 0 Å². The minimum atomic E-state index is -0.204. The fraction of sp³-hybridized carbons (Fsp3) is 0.400. The van der Waals surface area contributed by atoms with Crippen molar-refractivity contribution in [2.45, 2.75) is 25.9 Å². The Morgan fingerprint density at radius 3 is 2.31 bits per heavy atom. The zero-order chi connectivity index (χ0) is 18.1. The van der Waals surface area contributed by atoms with Crippen molar-refractivity contribution >= 4 is 29.2 Å². The standard InChI is InChI=1S/C20H25FN4S/c1-15-13-23(14-16(2)22-15)11-12-24-19-5-3-4-6-20(19)25(26-24)18-9-7-17(21)8-10-18/h3-10,15-16,22H,11-14H2,1-2H3. The number of benzene rings is 2. The highest BCUT2D eigenvalue weighted by molar-refractivity contribution is 8.02. The molecule has 0 amide bonds. The van der Waals surface area contributed by atoms with Crippen LogP contribution in [0.25, 0.3) is 0 Å². The van der Waals surface area contributed by atoms with Crippen molar-refractivity contribution in [3.8, 4) is 0 Å². The summed E-state index contributed by atoms with van der Waals surface area (Å²) in [5, 5.41) is 3.59. The minimum Gasteiger partial charge on any atom is -0.309 e. The van der Waals surface area contributed by atoms with Crippen LogP contribution in [0.2, 0.25) is 0 Å². The van der Waals surface area contributed by atoms with Gasteiger partial charge in [0.15, 0.2) is 0 Å². The normalized spacial score (nSPS) is 23.3. The van der Waals surface area contributed by atoms with Gasteiger partial charge in [-0.25, -0.2) is 4.39 Å². The molecule has 1 N–H and O–H groups in total. The lowest BCUT2D eigenvalue weighted by atomic mass is 10.1. The second-order valence-corrected chi connectivity index (χ2v) is 8.14. The van der Waals surface area contributed by atoms with Crippen molar-refractivity contribution in [1.82, 2.24) is 10.2 Å². The maximum Gasteiger partial charge on any atom is 0.123 e. The number of rotatable bonds is 4. The molecule has 0 bridgehead atoms. The summed E-state index contributed by atoms with van der Waals surface area (Å²) in [6.45, 7) is 8.67. The fourth-order valence-electron chi connectivity index (χ4n) is 3.81. The summed E-state index contributed by atoms with van der Waals surface area (Å²) in [6.07, 6.45) is 0. The molecule has 1 fully saturated rings. The van der Waals surface area contributed by atoms with E-state index in [9.17, 15) is 4.39 Å². The van der Waals surface area contributed by atoms with Crippen molar-refractivity contribution in [3.63, 3.8) is 0 Å². The maximum absolute atomic E-state index is 13.3. The van der Waals surface area contributed by atoms with Gasteiger partial charge in [-0.1, -0.05) is 12.1 Å². The molecule has 138 valence electrons. The highest BCUT2D eigenvalue weighted by atomic mass is 32.2. The second kappa shape index (κ2) is 7.47. The molecule has 0 aromatic heterocycles. The first-order valence-electron chi connectivity index (χ1n) is 9.19. The lowest BCUT2D eigenvalue weighted by Gasteiger charge is -2.36. The topological polar surface area (TPSA) is 21.8 Å². The van der Waals surface area contributed by atoms with Gasteiger partial charge in [-0.05, 0) is 50.2 Å². The Morgan fingerprint density at radius 1 is 0.962 bits per heavy atom. The molecule has 0 spiro atoms. The van der Waals surface area contributed by atoms with Crippen molar-refractivity contribution in [2.75, 3.05) is 34.8 Å². The third kappa shape index (κ3) is 3.68. The van der Waals surface area contributed by atoms with Crippen molar-refractivity contribution < 1.29 is 4.39 Å². The fourth-order valence-corrected chi connectivity index (χ4v) is 4.87. The molecule has 26 heavy (non-hydrogen) atoms. The molecule has 2 aromatic carbocycles. The van der Waals surface area contributed by atoms with E-state index in [1.165, 1.54) is 17.8 Å². The molecule has 0 radical (unpaired) electrons. The average Bonchev–Trinajstić information content (AvgIpc) is 2.99. The molecular weight excluding hydrogens is 347 g/mol. The van der Waals surface area contributed by atoms with Gasteiger partial charge in [-0.2, -0.15) is 0 Å². The average molecular weight is 373 g/mol. The maximum atomic E-state index is 13.3. The lowest BCUT2D eigenvalue weighted by Crippen LogP contribution is -2.55. The number of fused-ring (bicyclic) bond motifs is 1. The zero-order valence-corrected chi connectivity index (χ0v) is 16.0. The largest absolute Gasteiger partial charge is 0.309 e. The number of hydrogen-bond acceptors (Lipinski definition) is 5. The van der Waals surface area contributed by atoms with E-state index in [0.717, 1.165) is 37.6 Å². The van der Waals surface area contributed by atoms with Gasteiger partial charge in [-0.15, -0.1) is 0 Å². The molecule has 0 saturated carbocycles. The van der Waals surface area contributed by atoms with Crippen LogP contribution < -0.4 is 13.9 Å². The van der Waals surface area contributed by atoms with E-state index in [2.05, 4.69) is 56.9 Å². The van der Waals surface area contributed by atoms with Gasteiger partial charge in [0.2, 0.25) is 0 Å². The van der Waals surface area contributed by atoms with Crippen LogP contribution >= 0.6 is 12.1 Å². The van der Waals surface area contributed by atoms with Gasteiger partial charge in [0.1, 0.15) is 5.82 Å². The van der Waals surface area contributed by atoms with Crippen LogP contribution in [0.1, 0.15) is 13.8 Å². The number of para-hydroxylation sites is 2. The predicted molar refractivity (Wildman–Crippen MR) is 108 cm³/mol. The Bertz CT molecular complexity index is 744. The van der Waals surface area contributed by atoms with Crippen LogP contribution in [-0.2, 0) is 0 Å². The molecule has 2 aliphatic heterocycles. The molecule has 2 atom stereocenters. The molecule has 4 nitrogen and oxygen atoms in total. The van der Waals surface area contributed by atoms with Crippen LogP contribution in [0.4, 0.5) is 21.5 Å². The number of nitrogens with zero attached hydrogens (tertiary/aromatic N) is 3. The lowest BCUT2D eigenvalue weighted by molar-refractivity contribution is 0.178. The Hall–Kier alpha value is -1.76. The van der Waals surface area contributed by atoms with Gasteiger partial charge in [0.05, 0.1) is 29.2 Å². The monoisotopic (exact) mass is 372 g/mol. The predicted octanol–water partition coefficient (Wildman–Crippen LogP) is 4.03. The van der Waals surface area contributed by atoms with Crippen molar-refractivity contribution in [2.24, 2.45) is 0 Å². The highest BCUT2D eigenvalue weighted by Gasteiger charge is 2.29. The first-order chi connectivity index (χ1) is 12.6. The van der Waals surface area contributed by atoms with E-state index >= 15 is 0 Å². The highest BCUT2D eigenvalue weighted by Crippen LogP contribution is 2.48. The SMILES string of the molecule is CC1CN(CCN2SN(c3ccc(F)cc3)c3ccccc32)CC(C)N1. The number of halogens is 1. The number of nitrogens with one attached hydrogen (secondary N) is 1. The van der Waals surface area contributed by atoms with E-state index in [0.29, 0.717) is 12.1 Å². The number of anilines is 3. The Labute approximate surface area is 159 Å². The Kier molecular flexibility index (Phi) is 5.07. The van der Waals surface area contributed by atoms with Gasteiger partial charge >= 0.3 is 0 Å². The van der Waals surface area contributed by atoms with Gasteiger partial charge in [0, 0.05) is 38.3 Å². The second-order valence-electron chi connectivity index (χ2n) is 7.17. The first kappa shape index (κ1) is 17.6. The van der Waals surface area contributed by atoms with E-state index in [1.807, 2.05) is 12.1 Å². The summed E-state index contributed by atoms with van der Waals surface area (Å²) in [7, 11) is 0. The molecular formula is C20H25FN4S. The molecule has 2 heterocycles. The third-order valence-electron chi connectivity index (χ3n) is 4.86. The van der Waals surface area contributed by atoms with Gasteiger partial charge in [-0.3, -0.25) is 13.5 Å². The molecule has 2 aliphatic rings. The number of piperazine rings is 1. The summed E-state index contributed by atoms with van der Waals surface area (Å²) in [5.41, 5.74) is 3.37.